The molecule has 0 spiro atoms. The first-order chi connectivity index (χ1) is 23.2. The number of carbonyl (C=O) groups is 4. The number of para-hydroxylation sites is 2. The van der Waals surface area contributed by atoms with Gasteiger partial charge in [0.05, 0.1) is 25.1 Å². The predicted octanol–water partition coefficient (Wildman–Crippen LogP) is 4.22. The Balaban J connectivity index is 1.42. The topological polar surface area (TPSA) is 137 Å². The van der Waals surface area contributed by atoms with Crippen molar-refractivity contribution in [2.24, 2.45) is 5.92 Å². The second kappa shape index (κ2) is 15.3. The molecule has 3 aromatic carbocycles. The minimum absolute atomic E-state index is 0.00461. The number of ether oxygens (including phenoxy) is 2. The van der Waals surface area contributed by atoms with Crippen molar-refractivity contribution in [2.75, 3.05) is 43.2 Å². The molecule has 0 bridgehead atoms. The number of aliphatic hydroxyl groups is 2. The third-order valence-electron chi connectivity index (χ3n) is 8.77. The zero-order chi connectivity index (χ0) is 34.3. The number of methoxy groups -OCH3 is 1. The first-order valence-corrected chi connectivity index (χ1v) is 16.1. The van der Waals surface area contributed by atoms with Crippen molar-refractivity contribution in [3.8, 4) is 5.75 Å². The molecule has 0 unspecified atom stereocenters. The average molecular weight is 656 g/mol. The van der Waals surface area contributed by atoms with Crippen molar-refractivity contribution in [1.82, 2.24) is 4.90 Å². The molecule has 0 saturated carbocycles. The number of rotatable bonds is 14. The Kier molecular flexibility index (Phi) is 10.9. The van der Waals surface area contributed by atoms with Gasteiger partial charge in [-0.1, -0.05) is 61.5 Å². The van der Waals surface area contributed by atoms with Crippen LogP contribution in [0.4, 0.5) is 17.1 Å². The SMILES string of the molecule is COC(=O)CCCCN1C(=O)[C@@](O)([C@@H](C)/C=C/CC(=O)N(CCO)Cc2ccccc2)c2cc(N3C(=O)COc4ccccc43)ccc21. The Morgan fingerprint density at radius 3 is 2.54 bits per heavy atom. The number of esters is 1. The molecule has 2 N–H and O–H groups in total. The van der Waals surface area contributed by atoms with Crippen molar-refractivity contribution in [1.29, 1.82) is 0 Å². The van der Waals surface area contributed by atoms with Gasteiger partial charge in [-0.25, -0.2) is 0 Å². The lowest BCUT2D eigenvalue weighted by Gasteiger charge is -2.31. The second-order valence-corrected chi connectivity index (χ2v) is 11.9. The lowest BCUT2D eigenvalue weighted by Crippen LogP contribution is -2.44. The molecule has 2 aliphatic heterocycles. The standard InChI is InChI=1S/C37H41N3O8/c1-26(11-10-16-33(42)38(21-22-41)24-27-12-4-3-5-13-27)37(46)29-23-28(40-31-14-6-7-15-32(31)48-25-34(40)43)18-19-30(29)39(36(37)45)20-9-8-17-35(44)47-2/h3-7,10-15,18-19,23,26,41,46H,8-9,16-17,20-22,24-25H2,1-2H3/b11-10+/t26-,37+/m0/s1. The molecule has 0 saturated heterocycles. The summed E-state index contributed by atoms with van der Waals surface area (Å²) in [5.74, 6) is -1.60. The molecule has 0 fully saturated rings. The van der Waals surface area contributed by atoms with Crippen LogP contribution >= 0.6 is 0 Å². The van der Waals surface area contributed by atoms with E-state index in [1.807, 2.05) is 36.4 Å². The van der Waals surface area contributed by atoms with Gasteiger partial charge in [-0.05, 0) is 48.7 Å². The quantitative estimate of drug-likeness (QED) is 0.150. The average Bonchev–Trinajstić information content (AvgIpc) is 3.32. The fourth-order valence-corrected chi connectivity index (χ4v) is 6.18. The minimum Gasteiger partial charge on any atom is -0.482 e. The monoisotopic (exact) mass is 655 g/mol. The van der Waals surface area contributed by atoms with E-state index in [2.05, 4.69) is 0 Å². The number of carbonyl (C=O) groups excluding carboxylic acids is 4. The number of benzene rings is 3. The molecule has 0 radical (unpaired) electrons. The molecule has 2 aliphatic rings. The molecule has 2 atom stereocenters. The third-order valence-corrected chi connectivity index (χ3v) is 8.77. The van der Waals surface area contributed by atoms with Gasteiger partial charge in [0.1, 0.15) is 5.75 Å². The number of nitrogens with zero attached hydrogens (tertiary/aromatic N) is 3. The van der Waals surface area contributed by atoms with Crippen LogP contribution in [0.15, 0.2) is 84.9 Å². The van der Waals surface area contributed by atoms with E-state index < -0.39 is 17.4 Å². The molecule has 3 aromatic rings. The fraction of sp³-hybridized carbons (Fsp3) is 0.351. The van der Waals surface area contributed by atoms with Crippen LogP contribution in [0.2, 0.25) is 0 Å². The van der Waals surface area contributed by atoms with Crippen molar-refractivity contribution in [2.45, 2.75) is 44.8 Å². The van der Waals surface area contributed by atoms with Gasteiger partial charge in [0.25, 0.3) is 11.8 Å². The van der Waals surface area contributed by atoms with Crippen molar-refractivity contribution >= 4 is 40.8 Å². The number of amides is 3. The van der Waals surface area contributed by atoms with E-state index in [9.17, 15) is 29.4 Å². The maximum Gasteiger partial charge on any atom is 0.305 e. The fourth-order valence-electron chi connectivity index (χ4n) is 6.18. The third kappa shape index (κ3) is 7.12. The van der Waals surface area contributed by atoms with Crippen molar-refractivity contribution in [3.63, 3.8) is 0 Å². The van der Waals surface area contributed by atoms with Gasteiger partial charge in [-0.3, -0.25) is 24.1 Å². The number of aliphatic hydroxyl groups excluding tert-OH is 1. The van der Waals surface area contributed by atoms with E-state index in [0.717, 1.165) is 5.56 Å². The molecule has 11 heteroatoms. The summed E-state index contributed by atoms with van der Waals surface area (Å²) in [6, 6.07) is 21.8. The highest BCUT2D eigenvalue weighted by atomic mass is 16.5. The van der Waals surface area contributed by atoms with Crippen LogP contribution < -0.4 is 14.5 Å². The lowest BCUT2D eigenvalue weighted by atomic mass is 9.82. The Hall–Kier alpha value is -5.00. The number of hydrogen-bond donors (Lipinski definition) is 2. The van der Waals surface area contributed by atoms with Crippen LogP contribution in [-0.4, -0.2) is 72.2 Å². The first-order valence-electron chi connectivity index (χ1n) is 16.1. The van der Waals surface area contributed by atoms with Gasteiger partial charge in [0.2, 0.25) is 5.91 Å². The van der Waals surface area contributed by atoms with Crippen LogP contribution in [-0.2, 0) is 36.1 Å². The summed E-state index contributed by atoms with van der Waals surface area (Å²) in [5, 5.41) is 21.9. The summed E-state index contributed by atoms with van der Waals surface area (Å²) in [6.07, 6.45) is 4.49. The maximum absolute atomic E-state index is 14.1. The Labute approximate surface area is 280 Å². The number of anilines is 3. The normalized spacial score (nSPS) is 17.6. The van der Waals surface area contributed by atoms with Crippen molar-refractivity contribution in [3.05, 3.63) is 96.1 Å². The molecule has 3 amide bonds. The van der Waals surface area contributed by atoms with Gasteiger partial charge in [0.15, 0.2) is 12.2 Å². The first kappa shape index (κ1) is 34.3. The Morgan fingerprint density at radius 1 is 1.04 bits per heavy atom. The maximum atomic E-state index is 14.1. The predicted molar refractivity (Wildman–Crippen MR) is 180 cm³/mol. The summed E-state index contributed by atoms with van der Waals surface area (Å²) < 4.78 is 10.3. The van der Waals surface area contributed by atoms with Crippen LogP contribution in [0.3, 0.4) is 0 Å². The van der Waals surface area contributed by atoms with Crippen LogP contribution in [0.1, 0.15) is 43.7 Å². The van der Waals surface area contributed by atoms with Crippen LogP contribution in [0.5, 0.6) is 5.75 Å². The number of unbranched alkanes of at least 4 members (excludes halogenated alkanes) is 1. The molecule has 11 nitrogen and oxygen atoms in total. The highest BCUT2D eigenvalue weighted by Gasteiger charge is 2.52. The molecule has 5 rings (SSSR count). The molecule has 48 heavy (non-hydrogen) atoms. The van der Waals surface area contributed by atoms with E-state index >= 15 is 0 Å². The van der Waals surface area contributed by atoms with E-state index in [-0.39, 0.29) is 56.9 Å². The summed E-state index contributed by atoms with van der Waals surface area (Å²) in [4.78, 5) is 56.6. The summed E-state index contributed by atoms with van der Waals surface area (Å²) in [5.41, 5.74) is 0.797. The van der Waals surface area contributed by atoms with E-state index in [4.69, 9.17) is 9.47 Å². The van der Waals surface area contributed by atoms with Gasteiger partial charge in [-0.15, -0.1) is 0 Å². The van der Waals surface area contributed by atoms with E-state index in [0.29, 0.717) is 47.8 Å². The van der Waals surface area contributed by atoms with Crippen LogP contribution in [0, 0.1) is 5.92 Å². The van der Waals surface area contributed by atoms with E-state index in [1.165, 1.54) is 16.9 Å². The summed E-state index contributed by atoms with van der Waals surface area (Å²) in [7, 11) is 1.33. The van der Waals surface area contributed by atoms with Gasteiger partial charge in [0, 0.05) is 49.6 Å². The molecule has 0 aliphatic carbocycles. The number of hydrogen-bond acceptors (Lipinski definition) is 8. The molecule has 0 aromatic heterocycles. The second-order valence-electron chi connectivity index (χ2n) is 11.9. The van der Waals surface area contributed by atoms with Crippen LogP contribution in [0.25, 0.3) is 0 Å². The Morgan fingerprint density at radius 2 is 1.79 bits per heavy atom. The van der Waals surface area contributed by atoms with Gasteiger partial charge in [-0.2, -0.15) is 0 Å². The summed E-state index contributed by atoms with van der Waals surface area (Å²) in [6.45, 7) is 2.14. The largest absolute Gasteiger partial charge is 0.482 e. The Bertz CT molecular complexity index is 1680. The van der Waals surface area contributed by atoms with Crippen molar-refractivity contribution < 1.29 is 38.9 Å². The molecular formula is C37H41N3O8. The zero-order valence-corrected chi connectivity index (χ0v) is 27.2. The highest BCUT2D eigenvalue weighted by Crippen LogP contribution is 2.48. The summed E-state index contributed by atoms with van der Waals surface area (Å²) >= 11 is 0. The molecular weight excluding hydrogens is 614 g/mol. The lowest BCUT2D eigenvalue weighted by molar-refractivity contribution is -0.140. The minimum atomic E-state index is -2.00. The van der Waals surface area contributed by atoms with Gasteiger partial charge >= 0.3 is 5.97 Å². The van der Waals surface area contributed by atoms with E-state index in [1.54, 1.807) is 60.4 Å². The zero-order valence-electron chi connectivity index (χ0n) is 27.2. The highest BCUT2D eigenvalue weighted by molar-refractivity contribution is 6.09. The number of fused-ring (bicyclic) bond motifs is 2. The smallest absolute Gasteiger partial charge is 0.305 e. The molecule has 252 valence electrons. The van der Waals surface area contributed by atoms with Gasteiger partial charge < -0.3 is 29.5 Å². The molecule has 2 heterocycles.